The fraction of sp³-hybridized carbons (Fsp3) is 0.690. The Morgan fingerprint density at radius 3 is 2.49 bits per heavy atom. The number of aliphatic hydroxyl groups excluding tert-OH is 1. The molecule has 3 unspecified atom stereocenters. The van der Waals surface area contributed by atoms with Gasteiger partial charge in [0.15, 0.2) is 0 Å². The number of nitrogens with zero attached hydrogens (tertiary/aromatic N) is 1. The Balaban J connectivity index is 1.69. The summed E-state index contributed by atoms with van der Waals surface area (Å²) in [5, 5.41) is 16.4. The third-order valence-electron chi connectivity index (χ3n) is 8.99. The van der Waals surface area contributed by atoms with Crippen molar-refractivity contribution < 1.29 is 24.2 Å². The zero-order valence-corrected chi connectivity index (χ0v) is 22.8. The van der Waals surface area contributed by atoms with Crippen LogP contribution in [0.25, 0.3) is 0 Å². The third-order valence-corrected chi connectivity index (χ3v) is 8.99. The van der Waals surface area contributed by atoms with Crippen LogP contribution < -0.4 is 10.6 Å². The van der Waals surface area contributed by atoms with Crippen LogP contribution in [0.15, 0.2) is 30.3 Å². The van der Waals surface area contributed by atoms with Crippen molar-refractivity contribution in [2.45, 2.75) is 90.1 Å². The smallest absolute Gasteiger partial charge is 0.245 e. The van der Waals surface area contributed by atoms with E-state index in [0.29, 0.717) is 19.5 Å². The van der Waals surface area contributed by atoms with E-state index in [1.54, 1.807) is 4.90 Å². The SMILES string of the molecule is CCCCCNC(=O)C1N([C@@H](CO)C(C)C)C(=O)[C@@H]2[C@@H](C(=O)NCc3ccccc3)[C@]3(C)OC12CC3C. The van der Waals surface area contributed by atoms with E-state index >= 15 is 0 Å². The van der Waals surface area contributed by atoms with Crippen LogP contribution in [0.5, 0.6) is 0 Å². The molecule has 1 aromatic carbocycles. The lowest BCUT2D eigenvalue weighted by Crippen LogP contribution is -2.59. The number of ether oxygens (including phenoxy) is 1. The standard InChI is InChI=1S/C29H43N3O5/c1-6-7-11-14-30-26(35)24-29-15-19(4)28(5,37-29)22(25(34)31-16-20-12-9-8-10-13-20)23(29)27(36)32(24)21(17-33)18(2)3/h8-10,12-13,18-19,21-24,33H,6-7,11,14-17H2,1-5H3,(H,30,35)(H,31,34)/t19?,21-,22-,23-,24?,28+,29?/m0/s1. The molecule has 1 aromatic rings. The van der Waals surface area contributed by atoms with Gasteiger partial charge in [0.05, 0.1) is 30.1 Å². The maximum atomic E-state index is 14.2. The van der Waals surface area contributed by atoms with Gasteiger partial charge < -0.3 is 25.4 Å². The van der Waals surface area contributed by atoms with Crippen LogP contribution in [-0.2, 0) is 25.7 Å². The summed E-state index contributed by atoms with van der Waals surface area (Å²) in [7, 11) is 0. The van der Waals surface area contributed by atoms with Gasteiger partial charge in [0.2, 0.25) is 17.7 Å². The molecule has 7 atom stereocenters. The molecule has 0 radical (unpaired) electrons. The first kappa shape index (κ1) is 27.6. The summed E-state index contributed by atoms with van der Waals surface area (Å²) < 4.78 is 6.74. The molecule has 0 aromatic heterocycles. The number of aliphatic hydroxyl groups is 1. The number of unbranched alkanes of at least 4 members (excludes halogenated alkanes) is 2. The number of benzene rings is 1. The van der Waals surface area contributed by atoms with Crippen LogP contribution in [0.4, 0.5) is 0 Å². The lowest BCUT2D eigenvalue weighted by Gasteiger charge is -2.38. The highest BCUT2D eigenvalue weighted by molar-refractivity contribution is 5.99. The molecular weight excluding hydrogens is 470 g/mol. The van der Waals surface area contributed by atoms with E-state index < -0.39 is 35.1 Å². The molecule has 3 heterocycles. The number of hydrogen-bond acceptors (Lipinski definition) is 5. The van der Waals surface area contributed by atoms with Gasteiger partial charge in [-0.2, -0.15) is 0 Å². The van der Waals surface area contributed by atoms with Crippen LogP contribution >= 0.6 is 0 Å². The molecule has 3 amide bonds. The van der Waals surface area contributed by atoms with Crippen LogP contribution in [-0.4, -0.2) is 64.2 Å². The number of nitrogens with one attached hydrogen (secondary N) is 2. The molecular formula is C29H43N3O5. The second-order valence-electron chi connectivity index (χ2n) is 11.6. The zero-order chi connectivity index (χ0) is 27.0. The van der Waals surface area contributed by atoms with E-state index in [2.05, 4.69) is 17.6 Å². The van der Waals surface area contributed by atoms with Crippen LogP contribution in [0.2, 0.25) is 0 Å². The van der Waals surface area contributed by atoms with Gasteiger partial charge in [0.25, 0.3) is 0 Å². The topological polar surface area (TPSA) is 108 Å². The zero-order valence-electron chi connectivity index (χ0n) is 22.8. The van der Waals surface area contributed by atoms with Gasteiger partial charge in [-0.15, -0.1) is 0 Å². The fourth-order valence-electron chi connectivity index (χ4n) is 6.93. The highest BCUT2D eigenvalue weighted by Crippen LogP contribution is 2.65. The Morgan fingerprint density at radius 2 is 1.86 bits per heavy atom. The summed E-state index contributed by atoms with van der Waals surface area (Å²) in [6.45, 7) is 10.5. The lowest BCUT2D eigenvalue weighted by atomic mass is 9.62. The van der Waals surface area contributed by atoms with Crippen LogP contribution in [0.3, 0.4) is 0 Å². The van der Waals surface area contributed by atoms with E-state index in [1.165, 1.54) is 0 Å². The highest BCUT2D eigenvalue weighted by Gasteiger charge is 2.80. The molecule has 3 fully saturated rings. The number of rotatable bonds is 11. The molecule has 3 aliphatic rings. The number of fused-ring (bicyclic) bond motifs is 1. The molecule has 0 saturated carbocycles. The average molecular weight is 514 g/mol. The molecule has 1 spiro atoms. The Bertz CT molecular complexity index is 1000. The first-order valence-corrected chi connectivity index (χ1v) is 13.8. The van der Waals surface area contributed by atoms with Crippen molar-refractivity contribution in [3.8, 4) is 0 Å². The van der Waals surface area contributed by atoms with Gasteiger partial charge in [-0.1, -0.05) is 70.9 Å². The van der Waals surface area contributed by atoms with E-state index in [9.17, 15) is 19.5 Å². The van der Waals surface area contributed by atoms with Crippen molar-refractivity contribution in [1.82, 2.24) is 15.5 Å². The Morgan fingerprint density at radius 1 is 1.16 bits per heavy atom. The van der Waals surface area contributed by atoms with Crippen molar-refractivity contribution in [3.63, 3.8) is 0 Å². The number of hydrogen-bond donors (Lipinski definition) is 3. The fourth-order valence-corrected chi connectivity index (χ4v) is 6.93. The van der Waals surface area contributed by atoms with Gasteiger partial charge in [-0.3, -0.25) is 14.4 Å². The van der Waals surface area contributed by atoms with Crippen molar-refractivity contribution in [2.75, 3.05) is 13.2 Å². The number of carbonyl (C=O) groups excluding carboxylic acids is 3. The maximum absolute atomic E-state index is 14.2. The molecule has 4 rings (SSSR count). The monoisotopic (exact) mass is 513 g/mol. The van der Waals surface area contributed by atoms with Crippen molar-refractivity contribution in [3.05, 3.63) is 35.9 Å². The minimum absolute atomic E-state index is 0.0222. The maximum Gasteiger partial charge on any atom is 0.245 e. The molecule has 8 nitrogen and oxygen atoms in total. The predicted octanol–water partition coefficient (Wildman–Crippen LogP) is 2.64. The van der Waals surface area contributed by atoms with Gasteiger partial charge in [0, 0.05) is 13.1 Å². The largest absolute Gasteiger partial charge is 0.394 e. The molecule has 0 aliphatic carbocycles. The first-order valence-electron chi connectivity index (χ1n) is 13.8. The van der Waals surface area contributed by atoms with Crippen molar-refractivity contribution in [1.29, 1.82) is 0 Å². The van der Waals surface area contributed by atoms with Gasteiger partial charge in [0.1, 0.15) is 11.6 Å². The van der Waals surface area contributed by atoms with E-state index in [0.717, 1.165) is 24.8 Å². The summed E-state index contributed by atoms with van der Waals surface area (Å²) >= 11 is 0. The van der Waals surface area contributed by atoms with Gasteiger partial charge in [-0.25, -0.2) is 0 Å². The second kappa shape index (κ2) is 10.7. The van der Waals surface area contributed by atoms with Crippen molar-refractivity contribution in [2.24, 2.45) is 23.7 Å². The van der Waals surface area contributed by atoms with E-state index in [-0.39, 0.29) is 36.2 Å². The predicted molar refractivity (Wildman–Crippen MR) is 140 cm³/mol. The molecule has 37 heavy (non-hydrogen) atoms. The minimum atomic E-state index is -1.10. The first-order chi connectivity index (χ1) is 17.6. The number of amides is 3. The summed E-state index contributed by atoms with van der Waals surface area (Å²) in [6.07, 6.45) is 3.41. The summed E-state index contributed by atoms with van der Waals surface area (Å²) in [4.78, 5) is 43.2. The average Bonchev–Trinajstić information content (AvgIpc) is 3.38. The van der Waals surface area contributed by atoms with E-state index in [4.69, 9.17) is 4.74 Å². The van der Waals surface area contributed by atoms with Gasteiger partial charge >= 0.3 is 0 Å². The molecule has 2 bridgehead atoms. The summed E-state index contributed by atoms with van der Waals surface area (Å²) in [5.74, 6) is -2.35. The molecule has 8 heteroatoms. The number of likely N-dealkylation sites (tertiary alicyclic amines) is 1. The second-order valence-corrected chi connectivity index (χ2v) is 11.6. The minimum Gasteiger partial charge on any atom is -0.394 e. The van der Waals surface area contributed by atoms with E-state index in [1.807, 2.05) is 58.0 Å². The summed E-state index contributed by atoms with van der Waals surface area (Å²) in [6, 6.07) is 8.22. The Labute approximate surface area is 220 Å². The van der Waals surface area contributed by atoms with Crippen LogP contribution in [0.1, 0.15) is 65.9 Å². The molecule has 204 valence electrons. The van der Waals surface area contributed by atoms with Gasteiger partial charge in [-0.05, 0) is 37.2 Å². The van der Waals surface area contributed by atoms with Crippen molar-refractivity contribution >= 4 is 17.7 Å². The normalized spacial score (nSPS) is 33.1. The third kappa shape index (κ3) is 4.56. The number of carbonyl (C=O) groups is 3. The quantitative estimate of drug-likeness (QED) is 0.394. The Kier molecular flexibility index (Phi) is 8.00. The Hall–Kier alpha value is -2.45. The lowest BCUT2D eigenvalue weighted by molar-refractivity contribution is -0.152. The highest BCUT2D eigenvalue weighted by atomic mass is 16.5. The molecule has 3 aliphatic heterocycles. The summed E-state index contributed by atoms with van der Waals surface area (Å²) in [5.41, 5.74) is -0.992. The molecule has 3 N–H and O–H groups in total. The van der Waals surface area contributed by atoms with Crippen LogP contribution in [0, 0.1) is 23.7 Å². The molecule has 3 saturated heterocycles.